The van der Waals surface area contributed by atoms with Crippen molar-refractivity contribution < 1.29 is 0 Å². The summed E-state index contributed by atoms with van der Waals surface area (Å²) in [6.07, 6.45) is 0. The van der Waals surface area contributed by atoms with Gasteiger partial charge in [0, 0.05) is 10.1 Å². The van der Waals surface area contributed by atoms with E-state index in [-0.39, 0.29) is 0 Å². The molecular weight excluding hydrogens is 304 g/mol. The van der Waals surface area contributed by atoms with E-state index in [9.17, 15) is 0 Å². The van der Waals surface area contributed by atoms with Crippen molar-refractivity contribution in [1.29, 1.82) is 0 Å². The largest absolute Gasteiger partial charge is 0.128 e. The molecule has 0 aliphatic rings. The van der Waals surface area contributed by atoms with E-state index in [4.69, 9.17) is 0 Å². The second-order valence-electron chi connectivity index (χ2n) is 4.41. The predicted octanol–water partition coefficient (Wildman–Crippen LogP) is 5.97. The molecule has 86 valence electrons. The van der Waals surface area contributed by atoms with Gasteiger partial charge >= 0.3 is 0 Å². The van der Waals surface area contributed by atoms with Gasteiger partial charge in [-0.25, -0.2) is 0 Å². The first-order valence-corrected chi connectivity index (χ1v) is 7.43. The standard InChI is InChI=1S/C16H9BrS/c17-16-9-14-13-6-5-10-3-1-2-4-11(10)12(13)7-8-15(14)18-16/h1-9H. The smallest absolute Gasteiger partial charge is 0.0711 e. The third-order valence-electron chi connectivity index (χ3n) is 3.39. The normalized spacial score (nSPS) is 11.6. The lowest BCUT2D eigenvalue weighted by Crippen LogP contribution is -1.77. The van der Waals surface area contributed by atoms with Gasteiger partial charge in [-0.1, -0.05) is 42.5 Å². The quantitative estimate of drug-likeness (QED) is 0.351. The third kappa shape index (κ3) is 1.43. The fourth-order valence-corrected chi connectivity index (χ4v) is 4.13. The van der Waals surface area contributed by atoms with Gasteiger partial charge in [-0.05, 0) is 49.6 Å². The zero-order chi connectivity index (χ0) is 12.1. The Bertz CT molecular complexity index is 889. The van der Waals surface area contributed by atoms with Crippen molar-refractivity contribution in [3.8, 4) is 0 Å². The van der Waals surface area contributed by atoms with E-state index in [2.05, 4.69) is 70.5 Å². The molecule has 0 aliphatic carbocycles. The molecule has 0 spiro atoms. The summed E-state index contributed by atoms with van der Waals surface area (Å²) in [4.78, 5) is 0. The molecule has 0 radical (unpaired) electrons. The fraction of sp³-hybridized carbons (Fsp3) is 0. The van der Waals surface area contributed by atoms with Crippen molar-refractivity contribution in [3.63, 3.8) is 0 Å². The first kappa shape index (κ1) is 10.5. The highest BCUT2D eigenvalue weighted by atomic mass is 79.9. The van der Waals surface area contributed by atoms with Gasteiger partial charge in [0.05, 0.1) is 3.79 Å². The van der Waals surface area contributed by atoms with Crippen LogP contribution in [0.4, 0.5) is 0 Å². The molecular formula is C16H9BrS. The number of rotatable bonds is 0. The highest BCUT2D eigenvalue weighted by molar-refractivity contribution is 9.11. The van der Waals surface area contributed by atoms with Crippen LogP contribution in [0.25, 0.3) is 31.6 Å². The summed E-state index contributed by atoms with van der Waals surface area (Å²) in [5, 5.41) is 6.66. The van der Waals surface area contributed by atoms with Gasteiger partial charge in [0.1, 0.15) is 0 Å². The molecule has 1 aromatic heterocycles. The lowest BCUT2D eigenvalue weighted by Gasteiger charge is -2.04. The number of halogens is 1. The fourth-order valence-electron chi connectivity index (χ4n) is 2.58. The molecule has 4 rings (SSSR count). The summed E-state index contributed by atoms with van der Waals surface area (Å²) in [6.45, 7) is 0. The molecule has 3 aromatic carbocycles. The molecule has 0 bridgehead atoms. The maximum absolute atomic E-state index is 3.58. The summed E-state index contributed by atoms with van der Waals surface area (Å²) >= 11 is 5.37. The summed E-state index contributed by atoms with van der Waals surface area (Å²) in [7, 11) is 0. The third-order valence-corrected chi connectivity index (χ3v) is 5.00. The number of benzene rings is 3. The molecule has 0 saturated heterocycles. The summed E-state index contributed by atoms with van der Waals surface area (Å²) in [5.41, 5.74) is 0. The van der Waals surface area contributed by atoms with Crippen LogP contribution in [-0.4, -0.2) is 0 Å². The maximum Gasteiger partial charge on any atom is 0.0711 e. The number of hydrogen-bond donors (Lipinski definition) is 0. The van der Waals surface area contributed by atoms with Crippen LogP contribution < -0.4 is 0 Å². The van der Waals surface area contributed by atoms with E-state index < -0.39 is 0 Å². The topological polar surface area (TPSA) is 0 Å². The highest BCUT2D eigenvalue weighted by Crippen LogP contribution is 2.36. The minimum atomic E-state index is 1.19. The minimum absolute atomic E-state index is 1.19. The molecule has 2 heteroatoms. The van der Waals surface area contributed by atoms with Crippen molar-refractivity contribution in [2.45, 2.75) is 0 Å². The second kappa shape index (κ2) is 3.81. The molecule has 0 atom stereocenters. The Hall–Kier alpha value is -1.38. The Labute approximate surface area is 117 Å². The van der Waals surface area contributed by atoms with E-state index in [1.807, 2.05) is 0 Å². The van der Waals surface area contributed by atoms with Crippen LogP contribution in [0.15, 0.2) is 58.4 Å². The molecule has 0 unspecified atom stereocenters. The van der Waals surface area contributed by atoms with Gasteiger partial charge in [-0.15, -0.1) is 11.3 Å². The van der Waals surface area contributed by atoms with Gasteiger partial charge < -0.3 is 0 Å². The zero-order valence-electron chi connectivity index (χ0n) is 9.48. The first-order valence-electron chi connectivity index (χ1n) is 5.82. The second-order valence-corrected chi connectivity index (χ2v) is 6.87. The van der Waals surface area contributed by atoms with Crippen LogP contribution in [0.5, 0.6) is 0 Å². The zero-order valence-corrected chi connectivity index (χ0v) is 11.9. The molecule has 4 aromatic rings. The van der Waals surface area contributed by atoms with Crippen molar-refractivity contribution in [1.82, 2.24) is 0 Å². The SMILES string of the molecule is Brc1cc2c(ccc3c4ccccc4ccc23)s1. The molecule has 0 nitrogen and oxygen atoms in total. The lowest BCUT2D eigenvalue weighted by atomic mass is 10.0. The maximum atomic E-state index is 3.58. The van der Waals surface area contributed by atoms with Crippen LogP contribution in [-0.2, 0) is 0 Å². The van der Waals surface area contributed by atoms with E-state index >= 15 is 0 Å². The molecule has 0 N–H and O–H groups in total. The molecule has 1 heterocycles. The van der Waals surface area contributed by atoms with Crippen molar-refractivity contribution >= 4 is 58.9 Å². The number of thiophene rings is 1. The molecule has 18 heavy (non-hydrogen) atoms. The van der Waals surface area contributed by atoms with Crippen LogP contribution in [0, 0.1) is 0 Å². The van der Waals surface area contributed by atoms with Gasteiger partial charge in [-0.3, -0.25) is 0 Å². The van der Waals surface area contributed by atoms with E-state index in [0.29, 0.717) is 0 Å². The highest BCUT2D eigenvalue weighted by Gasteiger charge is 2.06. The van der Waals surface area contributed by atoms with E-state index in [1.165, 1.54) is 35.4 Å². The van der Waals surface area contributed by atoms with Crippen LogP contribution >= 0.6 is 27.3 Å². The van der Waals surface area contributed by atoms with Crippen LogP contribution in [0.1, 0.15) is 0 Å². The lowest BCUT2D eigenvalue weighted by molar-refractivity contribution is 1.80. The molecule has 0 aliphatic heterocycles. The molecule has 0 amide bonds. The van der Waals surface area contributed by atoms with Gasteiger partial charge in [0.15, 0.2) is 0 Å². The minimum Gasteiger partial charge on any atom is -0.128 e. The Morgan fingerprint density at radius 2 is 1.50 bits per heavy atom. The van der Waals surface area contributed by atoms with Gasteiger partial charge in [0.2, 0.25) is 0 Å². The Morgan fingerprint density at radius 3 is 2.44 bits per heavy atom. The Balaban J connectivity index is 2.30. The average Bonchev–Trinajstić information content (AvgIpc) is 2.79. The van der Waals surface area contributed by atoms with E-state index in [0.717, 1.165) is 0 Å². The van der Waals surface area contributed by atoms with E-state index in [1.54, 1.807) is 11.3 Å². The number of fused-ring (bicyclic) bond motifs is 5. The summed E-state index contributed by atoms with van der Waals surface area (Å²) < 4.78 is 2.53. The summed E-state index contributed by atoms with van der Waals surface area (Å²) in [6, 6.07) is 19.7. The van der Waals surface area contributed by atoms with Crippen molar-refractivity contribution in [2.75, 3.05) is 0 Å². The van der Waals surface area contributed by atoms with Gasteiger partial charge in [0.25, 0.3) is 0 Å². The summed E-state index contributed by atoms with van der Waals surface area (Å²) in [5.74, 6) is 0. The molecule has 0 saturated carbocycles. The van der Waals surface area contributed by atoms with Crippen LogP contribution in [0.3, 0.4) is 0 Å². The monoisotopic (exact) mass is 312 g/mol. The number of hydrogen-bond acceptors (Lipinski definition) is 1. The molecule has 0 fully saturated rings. The average molecular weight is 313 g/mol. The van der Waals surface area contributed by atoms with Gasteiger partial charge in [-0.2, -0.15) is 0 Å². The van der Waals surface area contributed by atoms with Crippen LogP contribution in [0.2, 0.25) is 0 Å². The van der Waals surface area contributed by atoms with Crippen molar-refractivity contribution in [3.05, 3.63) is 58.4 Å². The first-order chi connectivity index (χ1) is 8.83. The Morgan fingerprint density at radius 1 is 0.722 bits per heavy atom. The Kier molecular flexibility index (Phi) is 2.23. The predicted molar refractivity (Wildman–Crippen MR) is 84.5 cm³/mol. The van der Waals surface area contributed by atoms with Crippen molar-refractivity contribution in [2.24, 2.45) is 0 Å².